The molecular formula is C12H16F3N3. The molecule has 0 atom stereocenters. The van der Waals surface area contributed by atoms with Gasteiger partial charge in [0.15, 0.2) is 0 Å². The van der Waals surface area contributed by atoms with Crippen LogP contribution in [0.3, 0.4) is 0 Å². The molecule has 0 fully saturated rings. The van der Waals surface area contributed by atoms with Crippen molar-refractivity contribution in [2.75, 3.05) is 6.54 Å². The van der Waals surface area contributed by atoms with Crippen molar-refractivity contribution in [2.45, 2.75) is 32.5 Å². The van der Waals surface area contributed by atoms with Gasteiger partial charge in [-0.1, -0.05) is 0 Å². The Bertz CT molecular complexity index is 441. The highest BCUT2D eigenvalue weighted by atomic mass is 19.4. The molecule has 100 valence electrons. The molecule has 18 heavy (non-hydrogen) atoms. The van der Waals surface area contributed by atoms with Crippen LogP contribution in [0.4, 0.5) is 13.2 Å². The molecule has 0 aliphatic rings. The lowest BCUT2D eigenvalue weighted by molar-refractivity contribution is -0.135. The molecule has 0 bridgehead atoms. The smallest absolute Gasteiger partial charge is 0.340 e. The monoisotopic (exact) mass is 259 g/mol. The van der Waals surface area contributed by atoms with Crippen LogP contribution in [0.1, 0.15) is 29.8 Å². The van der Waals surface area contributed by atoms with Gasteiger partial charge in [0.2, 0.25) is 0 Å². The number of halogens is 3. The van der Waals surface area contributed by atoms with Crippen LogP contribution in [0.15, 0.2) is 6.07 Å². The summed E-state index contributed by atoms with van der Waals surface area (Å²) < 4.78 is 37.5. The molecule has 3 nitrogen and oxygen atoms in total. The first-order valence-corrected chi connectivity index (χ1v) is 5.68. The van der Waals surface area contributed by atoms with Crippen LogP contribution < -0.4 is 5.32 Å². The second kappa shape index (κ2) is 5.91. The minimum absolute atomic E-state index is 0.0699. The molecule has 0 saturated heterocycles. The fourth-order valence-corrected chi connectivity index (χ4v) is 1.69. The zero-order valence-electron chi connectivity index (χ0n) is 10.4. The standard InChI is InChI=1S/C12H16F3N3/c1-9-10(6-11(7-16)18(9)2)8-17-5-3-4-12(13,14)15/h6,17H,3-5,8H2,1-2H3. The third-order valence-electron chi connectivity index (χ3n) is 2.88. The van der Waals surface area contributed by atoms with Crippen molar-refractivity contribution >= 4 is 0 Å². The topological polar surface area (TPSA) is 40.8 Å². The van der Waals surface area contributed by atoms with Crippen molar-refractivity contribution < 1.29 is 13.2 Å². The molecule has 0 radical (unpaired) electrons. The van der Waals surface area contributed by atoms with E-state index in [-0.39, 0.29) is 6.42 Å². The number of nitriles is 1. The summed E-state index contributed by atoms with van der Waals surface area (Å²) in [5.74, 6) is 0. The Morgan fingerprint density at radius 2 is 2.11 bits per heavy atom. The van der Waals surface area contributed by atoms with Crippen LogP contribution in [0.25, 0.3) is 0 Å². The summed E-state index contributed by atoms with van der Waals surface area (Å²) in [4.78, 5) is 0. The van der Waals surface area contributed by atoms with Gasteiger partial charge in [0.05, 0.1) is 0 Å². The lowest BCUT2D eigenvalue weighted by Crippen LogP contribution is -2.18. The van der Waals surface area contributed by atoms with E-state index in [4.69, 9.17) is 5.26 Å². The summed E-state index contributed by atoms with van der Waals surface area (Å²) in [5.41, 5.74) is 2.45. The first-order valence-electron chi connectivity index (χ1n) is 5.68. The summed E-state index contributed by atoms with van der Waals surface area (Å²) in [6.45, 7) is 2.68. The van der Waals surface area contributed by atoms with Crippen molar-refractivity contribution in [2.24, 2.45) is 7.05 Å². The number of hydrogen-bond acceptors (Lipinski definition) is 2. The minimum Gasteiger partial charge on any atom is -0.340 e. The van der Waals surface area contributed by atoms with E-state index >= 15 is 0 Å². The third-order valence-corrected chi connectivity index (χ3v) is 2.88. The lowest BCUT2D eigenvalue weighted by atomic mass is 10.2. The number of hydrogen-bond donors (Lipinski definition) is 1. The number of alkyl halides is 3. The van der Waals surface area contributed by atoms with Crippen molar-refractivity contribution in [1.82, 2.24) is 9.88 Å². The normalized spacial score (nSPS) is 11.6. The minimum atomic E-state index is -4.08. The highest BCUT2D eigenvalue weighted by molar-refractivity contribution is 5.33. The average Bonchev–Trinajstić information content (AvgIpc) is 2.55. The van der Waals surface area contributed by atoms with Gasteiger partial charge in [0.25, 0.3) is 0 Å². The molecule has 6 heteroatoms. The van der Waals surface area contributed by atoms with E-state index in [0.717, 1.165) is 11.3 Å². The van der Waals surface area contributed by atoms with Gasteiger partial charge in [-0.2, -0.15) is 18.4 Å². The molecular weight excluding hydrogens is 243 g/mol. The van der Waals surface area contributed by atoms with Gasteiger partial charge in [-0.15, -0.1) is 0 Å². The Labute approximate surface area is 104 Å². The summed E-state index contributed by atoms with van der Waals surface area (Å²) in [6, 6.07) is 3.82. The first-order chi connectivity index (χ1) is 8.35. The number of nitrogens with one attached hydrogen (secondary N) is 1. The van der Waals surface area contributed by atoms with Crippen LogP contribution in [-0.4, -0.2) is 17.3 Å². The van der Waals surface area contributed by atoms with E-state index in [2.05, 4.69) is 11.4 Å². The fourth-order valence-electron chi connectivity index (χ4n) is 1.69. The summed E-state index contributed by atoms with van der Waals surface area (Å²) in [6.07, 6.45) is -4.78. The molecule has 0 unspecified atom stereocenters. The largest absolute Gasteiger partial charge is 0.389 e. The molecule has 0 amide bonds. The van der Waals surface area contributed by atoms with E-state index in [0.29, 0.717) is 18.8 Å². The second-order valence-corrected chi connectivity index (χ2v) is 4.21. The second-order valence-electron chi connectivity index (χ2n) is 4.21. The zero-order valence-corrected chi connectivity index (χ0v) is 10.4. The number of nitrogens with zero attached hydrogens (tertiary/aromatic N) is 2. The molecule has 0 aliphatic heterocycles. The van der Waals surface area contributed by atoms with E-state index in [9.17, 15) is 13.2 Å². The van der Waals surface area contributed by atoms with Crippen molar-refractivity contribution in [3.8, 4) is 6.07 Å². The third kappa shape index (κ3) is 4.08. The lowest BCUT2D eigenvalue weighted by Gasteiger charge is -2.07. The van der Waals surface area contributed by atoms with Gasteiger partial charge < -0.3 is 9.88 Å². The van der Waals surface area contributed by atoms with Gasteiger partial charge in [-0.25, -0.2) is 0 Å². The Hall–Kier alpha value is -1.48. The average molecular weight is 259 g/mol. The van der Waals surface area contributed by atoms with E-state index in [1.807, 2.05) is 6.92 Å². The Balaban J connectivity index is 2.39. The van der Waals surface area contributed by atoms with E-state index < -0.39 is 12.6 Å². The molecule has 1 aromatic heterocycles. The molecule has 0 aromatic carbocycles. The quantitative estimate of drug-likeness (QED) is 0.826. The summed E-state index contributed by atoms with van der Waals surface area (Å²) >= 11 is 0. The maximum atomic E-state index is 11.9. The Morgan fingerprint density at radius 3 is 2.61 bits per heavy atom. The zero-order chi connectivity index (χ0) is 13.8. The van der Waals surface area contributed by atoms with Gasteiger partial charge in [-0.3, -0.25) is 0 Å². The van der Waals surface area contributed by atoms with Gasteiger partial charge >= 0.3 is 6.18 Å². The molecule has 0 saturated carbocycles. The molecule has 1 N–H and O–H groups in total. The molecule has 1 heterocycles. The van der Waals surface area contributed by atoms with Crippen LogP contribution >= 0.6 is 0 Å². The SMILES string of the molecule is Cc1c(CNCCCC(F)(F)F)cc(C#N)n1C. The number of aromatic nitrogens is 1. The number of rotatable bonds is 5. The van der Waals surface area contributed by atoms with Gasteiger partial charge in [0, 0.05) is 25.7 Å². The van der Waals surface area contributed by atoms with Gasteiger partial charge in [0.1, 0.15) is 11.8 Å². The molecule has 1 aromatic rings. The summed E-state index contributed by atoms with van der Waals surface area (Å²) in [5, 5.41) is 11.8. The maximum Gasteiger partial charge on any atom is 0.389 e. The van der Waals surface area contributed by atoms with Crippen molar-refractivity contribution in [3.05, 3.63) is 23.0 Å². The van der Waals surface area contributed by atoms with Crippen molar-refractivity contribution in [3.63, 3.8) is 0 Å². The van der Waals surface area contributed by atoms with Crippen LogP contribution in [0.5, 0.6) is 0 Å². The van der Waals surface area contributed by atoms with E-state index in [1.54, 1.807) is 17.7 Å². The van der Waals surface area contributed by atoms with Crippen LogP contribution in [0.2, 0.25) is 0 Å². The summed E-state index contributed by atoms with van der Waals surface area (Å²) in [7, 11) is 1.79. The fraction of sp³-hybridized carbons (Fsp3) is 0.583. The maximum absolute atomic E-state index is 11.9. The highest BCUT2D eigenvalue weighted by Gasteiger charge is 2.25. The molecule has 0 aliphatic carbocycles. The van der Waals surface area contributed by atoms with Crippen LogP contribution in [-0.2, 0) is 13.6 Å². The van der Waals surface area contributed by atoms with Crippen LogP contribution in [0, 0.1) is 18.3 Å². The Morgan fingerprint density at radius 1 is 1.44 bits per heavy atom. The van der Waals surface area contributed by atoms with Gasteiger partial charge in [-0.05, 0) is 31.5 Å². The first kappa shape index (κ1) is 14.6. The predicted octanol–water partition coefficient (Wildman–Crippen LogP) is 2.64. The molecule has 1 rings (SSSR count). The van der Waals surface area contributed by atoms with Crippen molar-refractivity contribution in [1.29, 1.82) is 5.26 Å². The highest BCUT2D eigenvalue weighted by Crippen LogP contribution is 2.20. The Kier molecular flexibility index (Phi) is 4.79. The van der Waals surface area contributed by atoms with E-state index in [1.165, 1.54) is 0 Å². The predicted molar refractivity (Wildman–Crippen MR) is 61.9 cm³/mol. The molecule has 0 spiro atoms.